The van der Waals surface area contributed by atoms with Gasteiger partial charge in [-0.3, -0.25) is 9.59 Å². The third-order valence-electron chi connectivity index (χ3n) is 2.28. The van der Waals surface area contributed by atoms with Crippen LogP contribution in [0.2, 0.25) is 0 Å². The normalized spacial score (nSPS) is 14.9. The Morgan fingerprint density at radius 1 is 1.50 bits per heavy atom. The van der Waals surface area contributed by atoms with E-state index in [9.17, 15) is 33.0 Å². The summed E-state index contributed by atoms with van der Waals surface area (Å²) in [6.07, 6.45) is -8.21. The first-order valence-corrected chi connectivity index (χ1v) is 6.27. The van der Waals surface area contributed by atoms with Gasteiger partial charge in [0.2, 0.25) is 0 Å². The van der Waals surface area contributed by atoms with Crippen molar-refractivity contribution in [2.45, 2.75) is 25.3 Å². The van der Waals surface area contributed by atoms with Crippen molar-refractivity contribution in [3.8, 4) is 0 Å². The fourth-order valence-electron chi connectivity index (χ4n) is 1.40. The number of aromatic nitrogens is 2. The Morgan fingerprint density at radius 2 is 2.10 bits per heavy atom. The van der Waals surface area contributed by atoms with Crippen LogP contribution in [0.15, 0.2) is 11.1 Å². The van der Waals surface area contributed by atoms with Crippen LogP contribution in [-0.4, -0.2) is 37.2 Å². The predicted octanol–water partition coefficient (Wildman–Crippen LogP) is 0.463. The Hall–Kier alpha value is -1.39. The van der Waals surface area contributed by atoms with E-state index in [2.05, 4.69) is 4.98 Å². The number of hydrogen-bond donors (Lipinski definition) is 3. The van der Waals surface area contributed by atoms with Gasteiger partial charge in [-0.15, -0.1) is 0 Å². The Kier molecular flexibility index (Phi) is 5.31. The molecule has 0 radical (unpaired) electrons. The predicted molar refractivity (Wildman–Crippen MR) is 64.0 cm³/mol. The number of aromatic amines is 1. The number of thioether (sulfide) groups is 1. The number of aliphatic hydroxyl groups excluding tert-OH is 2. The van der Waals surface area contributed by atoms with Gasteiger partial charge in [0.15, 0.2) is 10.8 Å². The highest BCUT2D eigenvalue weighted by Gasteiger charge is 2.40. The number of carbonyl (C=O) groups is 1. The van der Waals surface area contributed by atoms with Gasteiger partial charge < -0.3 is 15.2 Å². The van der Waals surface area contributed by atoms with E-state index in [4.69, 9.17) is 0 Å². The van der Waals surface area contributed by atoms with E-state index in [0.717, 1.165) is 0 Å². The summed E-state index contributed by atoms with van der Waals surface area (Å²) in [5, 5.41) is 18.9. The van der Waals surface area contributed by atoms with Crippen molar-refractivity contribution in [1.29, 1.82) is 0 Å². The summed E-state index contributed by atoms with van der Waals surface area (Å²) >= 11 is 0.619. The summed E-state index contributed by atoms with van der Waals surface area (Å²) in [6, 6.07) is 0. The number of alkyl halides is 3. The van der Waals surface area contributed by atoms with E-state index >= 15 is 0 Å². The van der Waals surface area contributed by atoms with E-state index in [1.165, 1.54) is 6.92 Å². The van der Waals surface area contributed by atoms with E-state index in [-0.39, 0.29) is 10.9 Å². The van der Waals surface area contributed by atoms with Gasteiger partial charge in [-0.2, -0.15) is 13.2 Å². The summed E-state index contributed by atoms with van der Waals surface area (Å²) in [7, 11) is 0. The number of aliphatic hydroxyl groups is 2. The Balaban J connectivity index is 3.12. The molecule has 0 amide bonds. The van der Waals surface area contributed by atoms with Crippen LogP contribution >= 0.6 is 11.8 Å². The molecule has 10 heteroatoms. The molecule has 0 bridgehead atoms. The van der Waals surface area contributed by atoms with Crippen molar-refractivity contribution in [2.75, 3.05) is 5.75 Å². The zero-order valence-corrected chi connectivity index (χ0v) is 11.0. The van der Waals surface area contributed by atoms with Crippen molar-refractivity contribution in [3.63, 3.8) is 0 Å². The molecule has 6 nitrogen and oxygen atoms in total. The molecule has 3 N–H and O–H groups in total. The lowest BCUT2D eigenvalue weighted by atomic mass is 10.0. The van der Waals surface area contributed by atoms with E-state index in [0.29, 0.717) is 18.1 Å². The summed E-state index contributed by atoms with van der Waals surface area (Å²) in [5.41, 5.74) is -3.84. The van der Waals surface area contributed by atoms with Crippen LogP contribution in [0.4, 0.5) is 13.2 Å². The Morgan fingerprint density at radius 3 is 2.60 bits per heavy atom. The van der Waals surface area contributed by atoms with Crippen LogP contribution < -0.4 is 5.56 Å². The van der Waals surface area contributed by atoms with Gasteiger partial charge in [-0.25, -0.2) is 4.98 Å². The monoisotopic (exact) mass is 312 g/mol. The molecule has 0 saturated heterocycles. The molecule has 0 aliphatic heterocycles. The van der Waals surface area contributed by atoms with Crippen molar-refractivity contribution in [1.82, 2.24) is 9.97 Å². The first-order chi connectivity index (χ1) is 9.14. The third kappa shape index (κ3) is 4.05. The topological polar surface area (TPSA) is 103 Å². The number of H-pyrrole nitrogens is 1. The lowest BCUT2D eigenvalue weighted by Gasteiger charge is -2.19. The maximum atomic E-state index is 12.7. The molecule has 0 aromatic carbocycles. The zero-order valence-electron chi connectivity index (χ0n) is 10.1. The van der Waals surface area contributed by atoms with Gasteiger partial charge >= 0.3 is 6.18 Å². The van der Waals surface area contributed by atoms with Gasteiger partial charge in [0.05, 0.1) is 18.0 Å². The maximum Gasteiger partial charge on any atom is 0.433 e. The standard InChI is InChI=1S/C10H11F3N2O4S/c1-4(16)20-2-5(17)7(18)6-8(10(11,12)13)14-3-15-9(6)19/h3,5,7,17-18H,2H2,1H3,(H,14,15,19). The maximum absolute atomic E-state index is 12.7. The molecule has 0 saturated carbocycles. The lowest BCUT2D eigenvalue weighted by molar-refractivity contribution is -0.143. The van der Waals surface area contributed by atoms with E-state index < -0.39 is 35.2 Å². The van der Waals surface area contributed by atoms with E-state index in [1.807, 2.05) is 4.98 Å². The first kappa shape index (κ1) is 16.7. The molecule has 20 heavy (non-hydrogen) atoms. The molecular weight excluding hydrogens is 301 g/mol. The largest absolute Gasteiger partial charge is 0.433 e. The van der Waals surface area contributed by atoms with E-state index in [1.54, 1.807) is 0 Å². The van der Waals surface area contributed by atoms with Gasteiger partial charge in [0.25, 0.3) is 5.56 Å². The van der Waals surface area contributed by atoms with Gasteiger partial charge in [0, 0.05) is 12.7 Å². The van der Waals surface area contributed by atoms with Crippen molar-refractivity contribution in [3.05, 3.63) is 27.9 Å². The molecule has 0 aliphatic rings. The molecular formula is C10H11F3N2O4S. The van der Waals surface area contributed by atoms with Crippen molar-refractivity contribution < 1.29 is 28.2 Å². The zero-order chi connectivity index (χ0) is 15.5. The Labute approximate surface area is 115 Å². The Bertz CT molecular complexity index is 546. The molecule has 0 aliphatic carbocycles. The summed E-state index contributed by atoms with van der Waals surface area (Å²) in [4.78, 5) is 27.0. The lowest BCUT2D eigenvalue weighted by Crippen LogP contribution is -2.31. The first-order valence-electron chi connectivity index (χ1n) is 5.29. The van der Waals surface area contributed by atoms with Crippen LogP contribution in [0.3, 0.4) is 0 Å². The summed E-state index contributed by atoms with van der Waals surface area (Å²) < 4.78 is 38.1. The number of nitrogens with one attached hydrogen (secondary N) is 1. The van der Waals surface area contributed by atoms with Crippen LogP contribution in [0, 0.1) is 0 Å². The molecule has 0 fully saturated rings. The second-order valence-corrected chi connectivity index (χ2v) is 5.00. The minimum absolute atomic E-state index is 0.345. The quantitative estimate of drug-likeness (QED) is 0.746. The average Bonchev–Trinajstić information content (AvgIpc) is 2.33. The SMILES string of the molecule is CC(=O)SCC(O)C(O)c1c(C(F)(F)F)nc[nH]c1=O. The molecule has 1 aromatic rings. The molecule has 2 atom stereocenters. The van der Waals surface area contributed by atoms with Crippen molar-refractivity contribution >= 4 is 16.9 Å². The number of rotatable bonds is 4. The fourth-order valence-corrected chi connectivity index (χ4v) is 1.98. The van der Waals surface area contributed by atoms with Gasteiger partial charge in [-0.05, 0) is 0 Å². The highest BCUT2D eigenvalue weighted by atomic mass is 32.2. The second kappa shape index (κ2) is 6.37. The van der Waals surface area contributed by atoms with Crippen molar-refractivity contribution in [2.24, 2.45) is 0 Å². The van der Waals surface area contributed by atoms with Crippen LogP contribution in [-0.2, 0) is 11.0 Å². The molecule has 112 valence electrons. The molecule has 0 spiro atoms. The minimum atomic E-state index is -4.95. The van der Waals surface area contributed by atoms with Gasteiger partial charge in [-0.1, -0.05) is 11.8 Å². The highest BCUT2D eigenvalue weighted by molar-refractivity contribution is 8.13. The number of nitrogens with zero attached hydrogens (tertiary/aromatic N) is 1. The second-order valence-electron chi connectivity index (χ2n) is 3.81. The molecule has 1 heterocycles. The minimum Gasteiger partial charge on any atom is -0.389 e. The van der Waals surface area contributed by atoms with Gasteiger partial charge in [0.1, 0.15) is 6.10 Å². The number of carbonyl (C=O) groups excluding carboxylic acids is 1. The fraction of sp³-hybridized carbons (Fsp3) is 0.500. The van der Waals surface area contributed by atoms with Crippen LogP contribution in [0.5, 0.6) is 0 Å². The highest BCUT2D eigenvalue weighted by Crippen LogP contribution is 2.32. The average molecular weight is 312 g/mol. The summed E-state index contributed by atoms with van der Waals surface area (Å²) in [5.74, 6) is -0.345. The van der Waals surface area contributed by atoms with Crippen LogP contribution in [0.1, 0.15) is 24.3 Å². The van der Waals surface area contributed by atoms with Crippen LogP contribution in [0.25, 0.3) is 0 Å². The molecule has 2 unspecified atom stereocenters. The number of halogens is 3. The third-order valence-corrected chi connectivity index (χ3v) is 3.19. The molecule has 1 aromatic heterocycles. The smallest absolute Gasteiger partial charge is 0.389 e. The summed E-state index contributed by atoms with van der Waals surface area (Å²) in [6.45, 7) is 1.20. The number of hydrogen-bond acceptors (Lipinski definition) is 6. The molecule has 1 rings (SSSR count).